The fourth-order valence-corrected chi connectivity index (χ4v) is 1.60. The maximum absolute atomic E-state index is 13.3. The van der Waals surface area contributed by atoms with Crippen LogP contribution in [-0.2, 0) is 0 Å². The Labute approximate surface area is 106 Å². The first-order chi connectivity index (χ1) is 8.49. The number of aromatic nitrogens is 2. The molecule has 0 fully saturated rings. The Kier molecular flexibility index (Phi) is 3.20. The number of nitrogens with zero attached hydrogens (tertiary/aromatic N) is 3. The maximum atomic E-state index is 13.3. The van der Waals surface area contributed by atoms with E-state index in [-0.39, 0.29) is 22.4 Å². The number of hydrogen-bond acceptors (Lipinski definition) is 4. The van der Waals surface area contributed by atoms with Crippen molar-refractivity contribution in [2.24, 2.45) is 0 Å². The molecule has 2 rings (SSSR count). The van der Waals surface area contributed by atoms with E-state index in [0.29, 0.717) is 5.56 Å². The summed E-state index contributed by atoms with van der Waals surface area (Å²) >= 11 is 5.62. The van der Waals surface area contributed by atoms with E-state index < -0.39 is 10.7 Å². The summed E-state index contributed by atoms with van der Waals surface area (Å²) in [6.45, 7) is 1.47. The van der Waals surface area contributed by atoms with Gasteiger partial charge in [0, 0.05) is 17.7 Å². The molecule has 0 unspecified atom stereocenters. The predicted octanol–water partition coefficient (Wildman–Crippen LogP) is 3.15. The molecule has 1 heterocycles. The number of rotatable bonds is 2. The van der Waals surface area contributed by atoms with Gasteiger partial charge in [-0.25, -0.2) is 14.4 Å². The van der Waals surface area contributed by atoms with E-state index in [4.69, 9.17) is 11.6 Å². The quantitative estimate of drug-likeness (QED) is 0.476. The fourth-order valence-electron chi connectivity index (χ4n) is 1.39. The summed E-state index contributed by atoms with van der Waals surface area (Å²) in [6, 6.07) is 5.62. The fraction of sp³-hybridized carbons (Fsp3) is 0.0909. The summed E-state index contributed by atoms with van der Waals surface area (Å²) in [5.74, 6) is -0.434. The molecule has 0 bridgehead atoms. The maximum Gasteiger partial charge on any atom is 0.269 e. The van der Waals surface area contributed by atoms with Crippen LogP contribution in [0.15, 0.2) is 24.3 Å². The van der Waals surface area contributed by atoms with Gasteiger partial charge in [0.15, 0.2) is 16.8 Å². The molecule has 0 spiro atoms. The zero-order chi connectivity index (χ0) is 13.3. The second-order valence-corrected chi connectivity index (χ2v) is 3.90. The summed E-state index contributed by atoms with van der Waals surface area (Å²) in [6.07, 6.45) is 0. The molecule has 0 aliphatic rings. The molecule has 92 valence electrons. The Morgan fingerprint density at radius 1 is 1.28 bits per heavy atom. The summed E-state index contributed by atoms with van der Waals surface area (Å²) in [4.78, 5) is 17.7. The topological polar surface area (TPSA) is 68.9 Å². The van der Waals surface area contributed by atoms with Gasteiger partial charge in [-0.05, 0) is 19.1 Å². The molecule has 0 radical (unpaired) electrons. The van der Waals surface area contributed by atoms with Crippen molar-refractivity contribution in [1.82, 2.24) is 9.97 Å². The third-order valence-electron chi connectivity index (χ3n) is 2.31. The van der Waals surface area contributed by atoms with Crippen LogP contribution >= 0.6 is 11.6 Å². The average Bonchev–Trinajstić information content (AvgIpc) is 2.35. The molecule has 0 aliphatic heterocycles. The molecule has 0 N–H and O–H groups in total. The van der Waals surface area contributed by atoms with Gasteiger partial charge in [0.25, 0.3) is 5.69 Å². The van der Waals surface area contributed by atoms with Gasteiger partial charge >= 0.3 is 0 Å². The minimum Gasteiger partial charge on any atom is -0.258 e. The van der Waals surface area contributed by atoms with Gasteiger partial charge in [0.05, 0.1) is 10.6 Å². The van der Waals surface area contributed by atoms with Crippen molar-refractivity contribution in [3.05, 3.63) is 51.0 Å². The highest BCUT2D eigenvalue weighted by molar-refractivity contribution is 6.29. The van der Waals surface area contributed by atoms with Gasteiger partial charge in [-0.15, -0.1) is 0 Å². The molecule has 7 heteroatoms. The molecule has 0 saturated carbocycles. The number of aryl methyl sites for hydroxylation is 1. The third kappa shape index (κ3) is 2.28. The van der Waals surface area contributed by atoms with Gasteiger partial charge in [-0.3, -0.25) is 10.1 Å². The van der Waals surface area contributed by atoms with Crippen LogP contribution in [0.25, 0.3) is 11.4 Å². The van der Waals surface area contributed by atoms with Crippen molar-refractivity contribution in [2.75, 3.05) is 0 Å². The van der Waals surface area contributed by atoms with E-state index in [1.807, 2.05) is 0 Å². The van der Waals surface area contributed by atoms with Crippen LogP contribution in [0.5, 0.6) is 0 Å². The first-order valence-corrected chi connectivity index (χ1v) is 5.31. The summed E-state index contributed by atoms with van der Waals surface area (Å²) in [5.41, 5.74) is 0.623. The Bertz CT molecular complexity index is 593. The van der Waals surface area contributed by atoms with Gasteiger partial charge in [0.1, 0.15) is 0 Å². The Balaban J connectivity index is 2.46. The van der Waals surface area contributed by atoms with Gasteiger partial charge in [-0.1, -0.05) is 11.6 Å². The highest BCUT2D eigenvalue weighted by Crippen LogP contribution is 2.22. The van der Waals surface area contributed by atoms with E-state index >= 15 is 0 Å². The highest BCUT2D eigenvalue weighted by atomic mass is 35.5. The van der Waals surface area contributed by atoms with Crippen LogP contribution in [0.1, 0.15) is 5.69 Å². The summed E-state index contributed by atoms with van der Waals surface area (Å²) in [5, 5.41) is 10.2. The van der Waals surface area contributed by atoms with Crippen LogP contribution < -0.4 is 0 Å². The molecule has 2 aromatic rings. The summed E-state index contributed by atoms with van der Waals surface area (Å²) in [7, 11) is 0. The predicted molar refractivity (Wildman–Crippen MR) is 63.8 cm³/mol. The van der Waals surface area contributed by atoms with Crippen molar-refractivity contribution in [3.63, 3.8) is 0 Å². The van der Waals surface area contributed by atoms with Crippen molar-refractivity contribution in [2.45, 2.75) is 6.92 Å². The lowest BCUT2D eigenvalue weighted by Crippen LogP contribution is -1.97. The second-order valence-electron chi connectivity index (χ2n) is 3.54. The smallest absolute Gasteiger partial charge is 0.258 e. The van der Waals surface area contributed by atoms with Gasteiger partial charge in [-0.2, -0.15) is 0 Å². The molecule has 1 aromatic heterocycles. The minimum atomic E-state index is -0.665. The highest BCUT2D eigenvalue weighted by Gasteiger charge is 2.12. The van der Waals surface area contributed by atoms with E-state index in [1.165, 1.54) is 31.2 Å². The number of hydrogen-bond donors (Lipinski definition) is 0. The van der Waals surface area contributed by atoms with Crippen LogP contribution in [0.4, 0.5) is 10.1 Å². The van der Waals surface area contributed by atoms with Crippen LogP contribution in [0.3, 0.4) is 0 Å². The number of halogens is 2. The van der Waals surface area contributed by atoms with Crippen molar-refractivity contribution in [3.8, 4) is 11.4 Å². The molecule has 1 aromatic carbocycles. The van der Waals surface area contributed by atoms with E-state index in [9.17, 15) is 14.5 Å². The van der Waals surface area contributed by atoms with Crippen molar-refractivity contribution in [1.29, 1.82) is 0 Å². The Morgan fingerprint density at radius 2 is 1.89 bits per heavy atom. The first-order valence-electron chi connectivity index (χ1n) is 4.93. The van der Waals surface area contributed by atoms with Crippen LogP contribution in [0.2, 0.25) is 5.15 Å². The van der Waals surface area contributed by atoms with Crippen LogP contribution in [0, 0.1) is 22.9 Å². The molecular formula is C11H7ClFN3O2. The lowest BCUT2D eigenvalue weighted by Gasteiger charge is -2.03. The number of nitro groups is 1. The van der Waals surface area contributed by atoms with E-state index in [2.05, 4.69) is 9.97 Å². The molecule has 18 heavy (non-hydrogen) atoms. The molecule has 0 saturated heterocycles. The lowest BCUT2D eigenvalue weighted by molar-refractivity contribution is -0.384. The zero-order valence-corrected chi connectivity index (χ0v) is 9.98. The Morgan fingerprint density at radius 3 is 2.39 bits per heavy atom. The second kappa shape index (κ2) is 4.66. The molecule has 0 amide bonds. The SMILES string of the molecule is Cc1nc(-c2ccc([N+](=O)[O-])cc2)nc(Cl)c1F. The molecule has 0 atom stereocenters. The van der Waals surface area contributed by atoms with Gasteiger partial charge < -0.3 is 0 Å². The van der Waals surface area contributed by atoms with Gasteiger partial charge in [0.2, 0.25) is 0 Å². The van der Waals surface area contributed by atoms with Crippen molar-refractivity contribution < 1.29 is 9.31 Å². The normalized spacial score (nSPS) is 10.4. The van der Waals surface area contributed by atoms with Crippen molar-refractivity contribution >= 4 is 17.3 Å². The minimum absolute atomic E-state index is 0.0383. The zero-order valence-electron chi connectivity index (χ0n) is 9.22. The molecular weight excluding hydrogens is 261 g/mol. The molecule has 0 aliphatic carbocycles. The lowest BCUT2D eigenvalue weighted by atomic mass is 10.2. The average molecular weight is 268 g/mol. The largest absolute Gasteiger partial charge is 0.269 e. The van der Waals surface area contributed by atoms with E-state index in [0.717, 1.165) is 0 Å². The third-order valence-corrected chi connectivity index (χ3v) is 2.56. The first kappa shape index (κ1) is 12.4. The summed E-state index contributed by atoms with van der Waals surface area (Å²) < 4.78 is 13.3. The Hall–Kier alpha value is -2.08. The standard InChI is InChI=1S/C11H7ClFN3O2/c1-6-9(13)10(12)15-11(14-6)7-2-4-8(5-3-7)16(17)18/h2-5H,1H3. The molecule has 5 nitrogen and oxygen atoms in total. The van der Waals surface area contributed by atoms with E-state index in [1.54, 1.807) is 0 Å². The van der Waals surface area contributed by atoms with Crippen LogP contribution in [-0.4, -0.2) is 14.9 Å². The number of non-ortho nitro benzene ring substituents is 1. The number of benzene rings is 1. The number of nitro benzene ring substituents is 1. The monoisotopic (exact) mass is 267 g/mol.